The van der Waals surface area contributed by atoms with Crippen molar-refractivity contribution < 1.29 is 38.3 Å². The van der Waals surface area contributed by atoms with Crippen molar-refractivity contribution in [2.24, 2.45) is 15.9 Å². The fraction of sp³-hybridized carbons (Fsp3) is 0.686. The molecule has 0 aliphatic carbocycles. The Morgan fingerprint density at radius 2 is 1.64 bits per heavy atom. The number of nitrogens with zero attached hydrogens (tertiary/aromatic N) is 3. The number of rotatable bonds is 25. The minimum atomic E-state index is -0.214. The molecule has 0 aromatic carbocycles. The third kappa shape index (κ3) is 15.9. The van der Waals surface area contributed by atoms with Gasteiger partial charge in [0, 0.05) is 49.4 Å². The number of aryl methyl sites for hydroxylation is 2. The Labute approximate surface area is 317 Å². The van der Waals surface area contributed by atoms with Gasteiger partial charge in [-0.15, -0.1) is 0 Å². The third-order valence-electron chi connectivity index (χ3n) is 9.42. The van der Waals surface area contributed by atoms with Gasteiger partial charge in [-0.05, 0) is 12.8 Å². The van der Waals surface area contributed by atoms with Crippen LogP contribution in [0.1, 0.15) is 83.3 Å². The second kappa shape index (κ2) is 23.7. The van der Waals surface area contributed by atoms with Crippen LogP contribution >= 0.6 is 11.8 Å². The summed E-state index contributed by atoms with van der Waals surface area (Å²) < 4.78 is 23.3. The van der Waals surface area contributed by atoms with Crippen molar-refractivity contribution >= 4 is 62.0 Å². The SMILES string of the molecule is CC(CCc1c[n+](CCCCC(C)C(=O)NCCC(=O)NCCCCNC(=O)CC2SCC3NC(=O)NC32)cc(O)c1CC(C)N=CB=O)N=CB=O. The van der Waals surface area contributed by atoms with E-state index < -0.39 is 0 Å². The van der Waals surface area contributed by atoms with Crippen LogP contribution in [0.4, 0.5) is 4.79 Å². The number of aliphatic imine (C=N–C) groups is 2. The molecule has 2 aliphatic rings. The summed E-state index contributed by atoms with van der Waals surface area (Å²) in [4.78, 5) is 57.1. The second-order valence-electron chi connectivity index (χ2n) is 13.9. The van der Waals surface area contributed by atoms with Crippen LogP contribution in [-0.2, 0) is 43.2 Å². The zero-order chi connectivity index (χ0) is 38.6. The first-order valence-corrected chi connectivity index (χ1v) is 19.7. The first kappa shape index (κ1) is 43.5. The van der Waals surface area contributed by atoms with E-state index in [4.69, 9.17) is 0 Å². The van der Waals surface area contributed by atoms with Crippen molar-refractivity contribution in [3.8, 4) is 5.75 Å². The quantitative estimate of drug-likeness (QED) is 0.0278. The molecule has 15 nitrogen and oxygen atoms in total. The zero-order valence-electron chi connectivity index (χ0n) is 31.2. The van der Waals surface area contributed by atoms with E-state index in [1.165, 1.54) is 12.2 Å². The number of carbonyl (C=O) groups is 4. The van der Waals surface area contributed by atoms with Crippen molar-refractivity contribution in [1.29, 1.82) is 0 Å². The van der Waals surface area contributed by atoms with Gasteiger partial charge < -0.3 is 26.6 Å². The Hall–Kier alpha value is -3.95. The van der Waals surface area contributed by atoms with E-state index in [1.54, 1.807) is 18.0 Å². The van der Waals surface area contributed by atoms with Crippen LogP contribution in [0.25, 0.3) is 0 Å². The van der Waals surface area contributed by atoms with Gasteiger partial charge in [0.1, 0.15) is 0 Å². The summed E-state index contributed by atoms with van der Waals surface area (Å²) in [6.45, 7) is 7.59. The third-order valence-corrected chi connectivity index (χ3v) is 10.9. The summed E-state index contributed by atoms with van der Waals surface area (Å²) in [6.07, 6.45) is 12.3. The van der Waals surface area contributed by atoms with Crippen molar-refractivity contribution in [2.45, 2.75) is 121 Å². The molecule has 18 heteroatoms. The van der Waals surface area contributed by atoms with Crippen molar-refractivity contribution in [3.05, 3.63) is 23.5 Å². The molecular weight excluding hydrogens is 698 g/mol. The summed E-state index contributed by atoms with van der Waals surface area (Å²) in [7, 11) is 1.29. The monoisotopic (exact) mass is 753 g/mol. The minimum absolute atomic E-state index is 0.00569. The van der Waals surface area contributed by atoms with E-state index in [0.29, 0.717) is 66.0 Å². The molecule has 288 valence electrons. The number of pyridine rings is 1. The molecule has 0 bridgehead atoms. The number of thioether (sulfide) groups is 1. The van der Waals surface area contributed by atoms with Gasteiger partial charge >= 0.3 is 162 Å². The van der Waals surface area contributed by atoms with Crippen LogP contribution in [0.2, 0.25) is 0 Å². The van der Waals surface area contributed by atoms with E-state index in [2.05, 4.69) is 36.6 Å². The fourth-order valence-corrected chi connectivity index (χ4v) is 7.89. The van der Waals surface area contributed by atoms with E-state index >= 15 is 0 Å². The average molecular weight is 754 g/mol. The van der Waals surface area contributed by atoms with Crippen molar-refractivity contribution in [2.75, 3.05) is 25.4 Å². The number of hydrogen-bond acceptors (Lipinski definition) is 10. The number of aromatic nitrogens is 1. The van der Waals surface area contributed by atoms with E-state index in [-0.39, 0.29) is 77.8 Å². The number of nitrogens with one attached hydrogen (secondary N) is 5. The predicted octanol–water partition coefficient (Wildman–Crippen LogP) is 0.969. The van der Waals surface area contributed by atoms with Crippen molar-refractivity contribution in [3.63, 3.8) is 0 Å². The number of fused-ring (bicyclic) bond motifs is 1. The van der Waals surface area contributed by atoms with Gasteiger partial charge in [0.2, 0.25) is 17.7 Å². The van der Waals surface area contributed by atoms with Gasteiger partial charge in [0.05, 0.1) is 12.1 Å². The maximum absolute atomic E-state index is 12.6. The average Bonchev–Trinajstić information content (AvgIpc) is 3.68. The number of urea groups is 1. The molecule has 0 spiro atoms. The van der Waals surface area contributed by atoms with E-state index in [1.807, 2.05) is 31.5 Å². The molecule has 0 radical (unpaired) electrons. The Balaban J connectivity index is 1.29. The summed E-state index contributed by atoms with van der Waals surface area (Å²) in [6, 6.07) is -0.339. The molecule has 3 rings (SSSR count). The van der Waals surface area contributed by atoms with Crippen LogP contribution in [0.3, 0.4) is 0 Å². The Morgan fingerprint density at radius 3 is 2.36 bits per heavy atom. The molecule has 3 heterocycles. The zero-order valence-corrected chi connectivity index (χ0v) is 32.0. The molecule has 2 aliphatic heterocycles. The Kier molecular flexibility index (Phi) is 19.4. The molecule has 5 amide bonds. The second-order valence-corrected chi connectivity index (χ2v) is 15.1. The van der Waals surface area contributed by atoms with E-state index in [0.717, 1.165) is 42.6 Å². The van der Waals surface area contributed by atoms with Crippen LogP contribution in [0.5, 0.6) is 5.75 Å². The first-order chi connectivity index (χ1) is 25.5. The van der Waals surface area contributed by atoms with Gasteiger partial charge in [-0.25, -0.2) is 4.79 Å². The molecule has 2 fully saturated rings. The first-order valence-electron chi connectivity index (χ1n) is 18.7. The topological polar surface area (TPSA) is 211 Å². The van der Waals surface area contributed by atoms with E-state index in [9.17, 15) is 33.7 Å². The molecule has 6 unspecified atom stereocenters. The van der Waals surface area contributed by atoms with Crippen LogP contribution in [0, 0.1) is 5.92 Å². The summed E-state index contributed by atoms with van der Waals surface area (Å²) in [5, 5.41) is 25.4. The molecule has 53 heavy (non-hydrogen) atoms. The molecule has 1 aromatic heterocycles. The van der Waals surface area contributed by atoms with Gasteiger partial charge in [0.25, 0.3) is 0 Å². The molecule has 2 saturated heterocycles. The number of hydrogen-bond donors (Lipinski definition) is 6. The Bertz CT molecular complexity index is 1470. The summed E-state index contributed by atoms with van der Waals surface area (Å²) in [5.74, 6) is 0.480. The number of amides is 5. The molecular formula is C35H55B2N8O7S+. The molecule has 1 aromatic rings. The standard InChI is InChI=1S/C35H54B2N8O7S/c1-23(8-4-7-15-45-18-26(10-9-24(2)41-21-36-51)27(29(46)19-45)16-25(3)42-22-37-52)34(49)40-14-11-31(47)38-12-5-6-13-39-32(48)17-30-33-28(20-53-30)43-35(50)44-33/h18-19,21-25,28,30,33H,4-17,20H2,1-3H3,(H5-,38,39,40,43,44,46,47,48,49,50)/p+1. The predicted molar refractivity (Wildman–Crippen MR) is 205 cm³/mol. The number of carbonyl (C=O) groups excluding carboxylic acids is 4. The number of unbranched alkanes of at least 4 members (excludes halogenated alkanes) is 2. The van der Waals surface area contributed by atoms with Gasteiger partial charge in [-0.3, -0.25) is 14.4 Å². The fourth-order valence-electron chi connectivity index (χ4n) is 6.41. The maximum atomic E-state index is 12.6. The van der Waals surface area contributed by atoms with Crippen LogP contribution in [0.15, 0.2) is 22.4 Å². The summed E-state index contributed by atoms with van der Waals surface area (Å²) in [5.41, 5.74) is 1.73. The molecule has 0 saturated carbocycles. The molecule has 6 N–H and O–H groups in total. The van der Waals surface area contributed by atoms with Gasteiger partial charge in [-0.1, -0.05) is 6.92 Å². The number of aromatic hydroxyl groups is 1. The van der Waals surface area contributed by atoms with Crippen LogP contribution < -0.4 is 31.2 Å². The normalized spacial score (nSPS) is 19.5. The summed E-state index contributed by atoms with van der Waals surface area (Å²) >= 11 is 1.70. The van der Waals surface area contributed by atoms with Crippen molar-refractivity contribution in [1.82, 2.24) is 26.6 Å². The Morgan fingerprint density at radius 1 is 0.943 bits per heavy atom. The van der Waals surface area contributed by atoms with Crippen LogP contribution in [-0.4, -0.2) is 110 Å². The molecule has 6 atom stereocenters. The van der Waals surface area contributed by atoms with Gasteiger partial charge in [0.15, 0.2) is 0 Å². The van der Waals surface area contributed by atoms with Gasteiger partial charge in [-0.2, -0.15) is 11.8 Å².